The highest BCUT2D eigenvalue weighted by atomic mass is 32.2. The van der Waals surface area contributed by atoms with Gasteiger partial charge in [0.2, 0.25) is 15.9 Å². The maximum Gasteiger partial charge on any atom is 0.287 e. The number of anilines is 1. The third-order valence-corrected chi connectivity index (χ3v) is 8.58. The standard InChI is InChI=1S/C33H31FN4O3S/c1-24(39)36-28-19-21-29(22-20-28)42(40,41)35-23-11-18-30-31(38-32(34)37-30)33(25-12-5-2-6-13-25,26-14-7-3-8-15-26)27-16-9-4-10-17-27/h2-10,12-17,19-22,35H,11,18,23H2,1H3,(H,36,39)(H,37,38). The molecule has 0 aliphatic carbocycles. The van der Waals surface area contributed by atoms with Crippen LogP contribution < -0.4 is 10.0 Å². The Morgan fingerprint density at radius 2 is 1.31 bits per heavy atom. The fourth-order valence-electron chi connectivity index (χ4n) is 5.32. The zero-order chi connectivity index (χ0) is 29.6. The van der Waals surface area contributed by atoms with Crippen molar-refractivity contribution in [3.05, 3.63) is 149 Å². The number of imidazole rings is 1. The van der Waals surface area contributed by atoms with Crippen molar-refractivity contribution in [3.8, 4) is 0 Å². The minimum absolute atomic E-state index is 0.0844. The summed E-state index contributed by atoms with van der Waals surface area (Å²) in [6.07, 6.45) is 0.0450. The second-order valence-electron chi connectivity index (χ2n) is 9.91. The van der Waals surface area contributed by atoms with E-state index in [9.17, 15) is 17.6 Å². The molecule has 0 spiro atoms. The number of hydrogen-bond donors (Lipinski definition) is 3. The molecule has 0 radical (unpaired) electrons. The van der Waals surface area contributed by atoms with Crippen molar-refractivity contribution < 1.29 is 17.6 Å². The molecular formula is C33H31FN4O3S. The van der Waals surface area contributed by atoms with Crippen LogP contribution in [-0.2, 0) is 26.7 Å². The second kappa shape index (κ2) is 12.5. The van der Waals surface area contributed by atoms with Gasteiger partial charge in [-0.1, -0.05) is 91.0 Å². The number of benzene rings is 4. The Bertz CT molecular complexity index is 1650. The molecule has 42 heavy (non-hydrogen) atoms. The number of carbonyl (C=O) groups is 1. The average Bonchev–Trinajstić information content (AvgIpc) is 3.37. The first-order chi connectivity index (χ1) is 20.3. The van der Waals surface area contributed by atoms with Gasteiger partial charge in [-0.3, -0.25) is 4.79 Å². The summed E-state index contributed by atoms with van der Waals surface area (Å²) in [5.74, 6) is -0.242. The van der Waals surface area contributed by atoms with E-state index in [1.165, 1.54) is 31.2 Å². The number of H-pyrrole nitrogens is 1. The summed E-state index contributed by atoms with van der Waals surface area (Å²) in [5.41, 5.74) is 3.49. The lowest BCUT2D eigenvalue weighted by Gasteiger charge is -2.35. The molecule has 0 unspecified atom stereocenters. The summed E-state index contributed by atoms with van der Waals surface area (Å²) >= 11 is 0. The van der Waals surface area contributed by atoms with E-state index in [1.54, 1.807) is 0 Å². The monoisotopic (exact) mass is 582 g/mol. The maximum absolute atomic E-state index is 15.0. The molecule has 1 amide bonds. The summed E-state index contributed by atoms with van der Waals surface area (Å²) in [6.45, 7) is 1.51. The Hall–Kier alpha value is -4.60. The summed E-state index contributed by atoms with van der Waals surface area (Å²) in [4.78, 5) is 18.6. The number of nitrogens with zero attached hydrogens (tertiary/aromatic N) is 1. The third kappa shape index (κ3) is 6.02. The fraction of sp³-hybridized carbons (Fsp3) is 0.152. The molecule has 7 nitrogen and oxygen atoms in total. The molecule has 0 bridgehead atoms. The first kappa shape index (κ1) is 28.9. The predicted molar refractivity (Wildman–Crippen MR) is 161 cm³/mol. The van der Waals surface area contributed by atoms with Crippen LogP contribution in [0.5, 0.6) is 0 Å². The zero-order valence-electron chi connectivity index (χ0n) is 23.0. The first-order valence-electron chi connectivity index (χ1n) is 13.6. The van der Waals surface area contributed by atoms with E-state index >= 15 is 0 Å². The molecule has 0 fully saturated rings. The predicted octanol–water partition coefficient (Wildman–Crippen LogP) is 5.80. The number of aromatic nitrogens is 2. The van der Waals surface area contributed by atoms with Crippen LogP contribution in [0.25, 0.3) is 0 Å². The van der Waals surface area contributed by atoms with E-state index in [1.807, 2.05) is 91.0 Å². The summed E-state index contributed by atoms with van der Waals surface area (Å²) < 4.78 is 43.4. The van der Waals surface area contributed by atoms with Crippen LogP contribution in [0.3, 0.4) is 0 Å². The third-order valence-electron chi connectivity index (χ3n) is 7.11. The van der Waals surface area contributed by atoms with Gasteiger partial charge in [0.25, 0.3) is 6.08 Å². The number of rotatable bonds is 11. The van der Waals surface area contributed by atoms with Gasteiger partial charge in [0.1, 0.15) is 0 Å². The lowest BCUT2D eigenvalue weighted by atomic mass is 9.66. The van der Waals surface area contributed by atoms with Crippen LogP contribution in [0.15, 0.2) is 120 Å². The van der Waals surface area contributed by atoms with E-state index in [0.717, 1.165) is 16.7 Å². The van der Waals surface area contributed by atoms with Crippen molar-refractivity contribution in [2.75, 3.05) is 11.9 Å². The average molecular weight is 583 g/mol. The van der Waals surface area contributed by atoms with E-state index < -0.39 is 21.5 Å². The number of nitrogens with one attached hydrogen (secondary N) is 3. The molecular weight excluding hydrogens is 551 g/mol. The number of aryl methyl sites for hydroxylation is 1. The molecule has 214 valence electrons. The van der Waals surface area contributed by atoms with Crippen LogP contribution in [0.4, 0.5) is 10.1 Å². The van der Waals surface area contributed by atoms with Crippen molar-refractivity contribution in [2.45, 2.75) is 30.1 Å². The number of hydrogen-bond acceptors (Lipinski definition) is 4. The Kier molecular flexibility index (Phi) is 8.61. The van der Waals surface area contributed by atoms with Gasteiger partial charge in [0.15, 0.2) is 0 Å². The van der Waals surface area contributed by atoms with Crippen LogP contribution in [-0.4, -0.2) is 30.8 Å². The van der Waals surface area contributed by atoms with Gasteiger partial charge in [-0.2, -0.15) is 4.39 Å². The second-order valence-corrected chi connectivity index (χ2v) is 11.7. The number of amides is 1. The van der Waals surface area contributed by atoms with Crippen molar-refractivity contribution >= 4 is 21.6 Å². The molecule has 9 heteroatoms. The van der Waals surface area contributed by atoms with Gasteiger partial charge in [0.05, 0.1) is 16.0 Å². The Balaban J connectivity index is 1.45. The SMILES string of the molecule is CC(=O)Nc1ccc(S(=O)(=O)NCCCc2[nH]c(F)nc2C(c2ccccc2)(c2ccccc2)c2ccccc2)cc1. The zero-order valence-corrected chi connectivity index (χ0v) is 23.9. The van der Waals surface area contributed by atoms with Gasteiger partial charge >= 0.3 is 0 Å². The highest BCUT2D eigenvalue weighted by Crippen LogP contribution is 2.45. The minimum atomic E-state index is -3.78. The van der Waals surface area contributed by atoms with Crippen molar-refractivity contribution in [2.24, 2.45) is 0 Å². The molecule has 0 saturated carbocycles. The normalized spacial score (nSPS) is 11.8. The molecule has 0 aliphatic heterocycles. The van der Waals surface area contributed by atoms with Crippen LogP contribution in [0.2, 0.25) is 0 Å². The van der Waals surface area contributed by atoms with E-state index in [4.69, 9.17) is 0 Å². The maximum atomic E-state index is 15.0. The van der Waals surface area contributed by atoms with Crippen molar-refractivity contribution in [3.63, 3.8) is 0 Å². The lowest BCUT2D eigenvalue weighted by Crippen LogP contribution is -2.33. The first-order valence-corrected chi connectivity index (χ1v) is 15.1. The highest BCUT2D eigenvalue weighted by molar-refractivity contribution is 7.89. The topological polar surface area (TPSA) is 104 Å². The van der Waals surface area contributed by atoms with E-state index in [2.05, 4.69) is 20.0 Å². The smallest absolute Gasteiger partial charge is 0.287 e. The molecule has 5 aromatic rings. The van der Waals surface area contributed by atoms with Gasteiger partial charge in [-0.05, 0) is 53.8 Å². The Morgan fingerprint density at radius 3 is 1.79 bits per heavy atom. The van der Waals surface area contributed by atoms with Crippen LogP contribution in [0.1, 0.15) is 41.4 Å². The molecule has 1 heterocycles. The fourth-order valence-corrected chi connectivity index (χ4v) is 6.39. The molecule has 1 aromatic heterocycles. The molecule has 0 aliphatic rings. The minimum Gasteiger partial charge on any atom is -0.326 e. The van der Waals surface area contributed by atoms with E-state index in [0.29, 0.717) is 29.9 Å². The quantitative estimate of drug-likeness (QED) is 0.135. The van der Waals surface area contributed by atoms with Gasteiger partial charge in [-0.15, -0.1) is 0 Å². The largest absolute Gasteiger partial charge is 0.326 e. The number of halogens is 1. The summed E-state index contributed by atoms with van der Waals surface area (Å²) in [6, 6.07) is 35.6. The summed E-state index contributed by atoms with van der Waals surface area (Å²) in [5, 5.41) is 2.61. The molecule has 0 atom stereocenters. The van der Waals surface area contributed by atoms with Crippen molar-refractivity contribution in [1.82, 2.24) is 14.7 Å². The van der Waals surface area contributed by atoms with E-state index in [-0.39, 0.29) is 17.3 Å². The van der Waals surface area contributed by atoms with Crippen molar-refractivity contribution in [1.29, 1.82) is 0 Å². The van der Waals surface area contributed by atoms with Gasteiger partial charge < -0.3 is 10.3 Å². The Labute approximate surface area is 244 Å². The highest BCUT2D eigenvalue weighted by Gasteiger charge is 2.42. The van der Waals surface area contributed by atoms with Gasteiger partial charge in [-0.25, -0.2) is 18.1 Å². The molecule has 5 rings (SSSR count). The summed E-state index contributed by atoms with van der Waals surface area (Å²) in [7, 11) is -3.78. The number of carbonyl (C=O) groups excluding carboxylic acids is 1. The molecule has 3 N–H and O–H groups in total. The van der Waals surface area contributed by atoms with Crippen LogP contribution >= 0.6 is 0 Å². The van der Waals surface area contributed by atoms with Crippen LogP contribution in [0, 0.1) is 6.08 Å². The Morgan fingerprint density at radius 1 is 0.810 bits per heavy atom. The molecule has 4 aromatic carbocycles. The number of sulfonamides is 1. The molecule has 0 saturated heterocycles. The lowest BCUT2D eigenvalue weighted by molar-refractivity contribution is -0.114. The number of aromatic amines is 1. The van der Waals surface area contributed by atoms with Gasteiger partial charge in [0, 0.05) is 24.8 Å².